The lowest BCUT2D eigenvalue weighted by atomic mass is 9.93. The van der Waals surface area contributed by atoms with Gasteiger partial charge in [0.2, 0.25) is 0 Å². The summed E-state index contributed by atoms with van der Waals surface area (Å²) in [6, 6.07) is 0. The lowest BCUT2D eigenvalue weighted by Gasteiger charge is -2.32. The van der Waals surface area contributed by atoms with Gasteiger partial charge in [-0.15, -0.1) is 0 Å². The van der Waals surface area contributed by atoms with E-state index in [1.165, 1.54) is 0 Å². The van der Waals surface area contributed by atoms with Gasteiger partial charge >= 0.3 is 0 Å². The third-order valence-corrected chi connectivity index (χ3v) is 2.60. The average Bonchev–Trinajstić information content (AvgIpc) is 2.41. The van der Waals surface area contributed by atoms with E-state index >= 15 is 0 Å². The lowest BCUT2D eigenvalue weighted by molar-refractivity contribution is -0.218. The Bertz CT molecular complexity index is 154. The summed E-state index contributed by atoms with van der Waals surface area (Å²) in [5.41, 5.74) is 0. The highest BCUT2D eigenvalue weighted by Gasteiger charge is 2.45. The Morgan fingerprint density at radius 2 is 2.08 bits per heavy atom. The molecular weight excluding hydrogens is 160 g/mol. The van der Waals surface area contributed by atoms with Crippen LogP contribution in [0.3, 0.4) is 0 Å². The van der Waals surface area contributed by atoms with Crippen LogP contribution in [0.2, 0.25) is 0 Å². The Labute approximate surface area is 71.1 Å². The summed E-state index contributed by atoms with van der Waals surface area (Å²) in [4.78, 5) is 0. The maximum Gasteiger partial charge on any atom is 0.160 e. The molecule has 0 saturated carbocycles. The summed E-state index contributed by atoms with van der Waals surface area (Å²) < 4.78 is 10.4. The zero-order valence-electron chi connectivity index (χ0n) is 7.01. The first-order chi connectivity index (χ1) is 5.68. The van der Waals surface area contributed by atoms with E-state index in [2.05, 4.69) is 0 Å². The molecule has 0 aromatic carbocycles. The molecule has 2 aliphatic heterocycles. The molecule has 2 saturated heterocycles. The smallest absolute Gasteiger partial charge is 0.160 e. The van der Waals surface area contributed by atoms with Crippen molar-refractivity contribution in [2.75, 3.05) is 6.61 Å². The van der Waals surface area contributed by atoms with Crippen molar-refractivity contribution in [3.8, 4) is 0 Å². The third kappa shape index (κ3) is 1.25. The SMILES string of the molecule is CC1CC2C(O)OCC(O)C2O1. The second-order valence-corrected chi connectivity index (χ2v) is 3.60. The number of rotatable bonds is 0. The van der Waals surface area contributed by atoms with Crippen LogP contribution in [0.1, 0.15) is 13.3 Å². The van der Waals surface area contributed by atoms with E-state index in [1.54, 1.807) is 0 Å². The van der Waals surface area contributed by atoms with Crippen molar-refractivity contribution in [2.45, 2.75) is 37.9 Å². The van der Waals surface area contributed by atoms with Crippen LogP contribution in [0.25, 0.3) is 0 Å². The molecule has 2 rings (SSSR count). The van der Waals surface area contributed by atoms with Crippen molar-refractivity contribution >= 4 is 0 Å². The predicted octanol–water partition coefficient (Wildman–Crippen LogP) is -0.511. The third-order valence-electron chi connectivity index (χ3n) is 2.60. The fraction of sp³-hybridized carbons (Fsp3) is 1.00. The second-order valence-electron chi connectivity index (χ2n) is 3.60. The fourth-order valence-electron chi connectivity index (χ4n) is 2.01. The normalized spacial score (nSPS) is 53.8. The quantitative estimate of drug-likeness (QED) is 0.519. The van der Waals surface area contributed by atoms with Gasteiger partial charge in [-0.3, -0.25) is 0 Å². The lowest BCUT2D eigenvalue weighted by Crippen LogP contribution is -2.46. The van der Waals surface area contributed by atoms with Crippen molar-refractivity contribution in [1.82, 2.24) is 0 Å². The molecule has 2 fully saturated rings. The van der Waals surface area contributed by atoms with Gasteiger partial charge in [-0.2, -0.15) is 0 Å². The zero-order chi connectivity index (χ0) is 8.72. The van der Waals surface area contributed by atoms with Gasteiger partial charge in [0, 0.05) is 5.92 Å². The molecule has 0 spiro atoms. The second kappa shape index (κ2) is 2.96. The monoisotopic (exact) mass is 174 g/mol. The van der Waals surface area contributed by atoms with Gasteiger partial charge in [0.25, 0.3) is 0 Å². The minimum Gasteiger partial charge on any atom is -0.388 e. The molecule has 0 aliphatic carbocycles. The Morgan fingerprint density at radius 3 is 2.75 bits per heavy atom. The highest BCUT2D eigenvalue weighted by molar-refractivity contribution is 4.89. The Morgan fingerprint density at radius 1 is 1.33 bits per heavy atom. The fourth-order valence-corrected chi connectivity index (χ4v) is 2.01. The molecule has 4 heteroatoms. The largest absolute Gasteiger partial charge is 0.388 e. The summed E-state index contributed by atoms with van der Waals surface area (Å²) in [6.07, 6.45) is -0.690. The van der Waals surface area contributed by atoms with E-state index in [-0.39, 0.29) is 24.7 Å². The molecule has 5 atom stereocenters. The van der Waals surface area contributed by atoms with Gasteiger partial charge in [-0.25, -0.2) is 0 Å². The Kier molecular flexibility index (Phi) is 2.08. The van der Waals surface area contributed by atoms with Gasteiger partial charge in [-0.05, 0) is 13.3 Å². The van der Waals surface area contributed by atoms with Crippen LogP contribution in [0.15, 0.2) is 0 Å². The number of aliphatic hydroxyl groups is 2. The van der Waals surface area contributed by atoms with Gasteiger partial charge < -0.3 is 19.7 Å². The van der Waals surface area contributed by atoms with Crippen LogP contribution in [-0.2, 0) is 9.47 Å². The van der Waals surface area contributed by atoms with Crippen LogP contribution in [0.5, 0.6) is 0 Å². The molecule has 70 valence electrons. The number of fused-ring (bicyclic) bond motifs is 1. The van der Waals surface area contributed by atoms with E-state index < -0.39 is 12.4 Å². The molecule has 2 heterocycles. The summed E-state index contributed by atoms with van der Waals surface area (Å²) in [7, 11) is 0. The first-order valence-corrected chi connectivity index (χ1v) is 4.31. The van der Waals surface area contributed by atoms with Crippen LogP contribution < -0.4 is 0 Å². The summed E-state index contributed by atoms with van der Waals surface area (Å²) in [5.74, 6) is -0.0521. The van der Waals surface area contributed by atoms with Crippen molar-refractivity contribution < 1.29 is 19.7 Å². The summed E-state index contributed by atoms with van der Waals surface area (Å²) in [6.45, 7) is 2.12. The summed E-state index contributed by atoms with van der Waals surface area (Å²) in [5, 5.41) is 18.9. The molecule has 0 bridgehead atoms. The molecular formula is C8H14O4. The molecule has 2 N–H and O–H groups in total. The predicted molar refractivity (Wildman–Crippen MR) is 40.4 cm³/mol. The van der Waals surface area contributed by atoms with Gasteiger partial charge in [-0.1, -0.05) is 0 Å². The topological polar surface area (TPSA) is 58.9 Å². The van der Waals surface area contributed by atoms with Crippen molar-refractivity contribution in [2.24, 2.45) is 5.92 Å². The Hall–Kier alpha value is -0.160. The number of aliphatic hydroxyl groups excluding tert-OH is 2. The van der Waals surface area contributed by atoms with Crippen LogP contribution in [0, 0.1) is 5.92 Å². The van der Waals surface area contributed by atoms with E-state index in [4.69, 9.17) is 9.47 Å². The molecule has 0 radical (unpaired) electrons. The van der Waals surface area contributed by atoms with Gasteiger partial charge in [0.05, 0.1) is 18.8 Å². The summed E-state index contributed by atoms with van der Waals surface area (Å²) >= 11 is 0. The minimum absolute atomic E-state index is 0.0521. The highest BCUT2D eigenvalue weighted by atomic mass is 16.6. The molecule has 5 unspecified atom stereocenters. The minimum atomic E-state index is -0.761. The molecule has 2 aliphatic rings. The molecule has 4 nitrogen and oxygen atoms in total. The number of ether oxygens (including phenoxy) is 2. The van der Waals surface area contributed by atoms with Crippen molar-refractivity contribution in [1.29, 1.82) is 0 Å². The van der Waals surface area contributed by atoms with Crippen molar-refractivity contribution in [3.63, 3.8) is 0 Å². The molecule has 0 amide bonds. The van der Waals surface area contributed by atoms with Crippen molar-refractivity contribution in [3.05, 3.63) is 0 Å². The number of hydrogen-bond donors (Lipinski definition) is 2. The van der Waals surface area contributed by atoms with E-state index in [9.17, 15) is 10.2 Å². The van der Waals surface area contributed by atoms with Crippen LogP contribution >= 0.6 is 0 Å². The van der Waals surface area contributed by atoms with E-state index in [0.29, 0.717) is 0 Å². The molecule has 0 aromatic heterocycles. The maximum absolute atomic E-state index is 9.45. The van der Waals surface area contributed by atoms with Crippen LogP contribution in [0.4, 0.5) is 0 Å². The zero-order valence-corrected chi connectivity index (χ0v) is 7.01. The van der Waals surface area contributed by atoms with E-state index in [1.807, 2.05) is 6.92 Å². The average molecular weight is 174 g/mol. The Balaban J connectivity index is 2.09. The first kappa shape index (κ1) is 8.44. The first-order valence-electron chi connectivity index (χ1n) is 4.31. The van der Waals surface area contributed by atoms with Gasteiger partial charge in [0.1, 0.15) is 6.10 Å². The number of hydrogen-bond acceptors (Lipinski definition) is 4. The molecule has 12 heavy (non-hydrogen) atoms. The highest BCUT2D eigenvalue weighted by Crippen LogP contribution is 2.34. The standard InChI is InChI=1S/C8H14O4/c1-4-2-5-7(12-4)6(9)3-11-8(5)10/h4-10H,2-3H2,1H3. The van der Waals surface area contributed by atoms with E-state index in [0.717, 1.165) is 6.42 Å². The van der Waals surface area contributed by atoms with Crippen LogP contribution in [-0.4, -0.2) is 41.4 Å². The maximum atomic E-state index is 9.45. The molecule has 0 aromatic rings. The van der Waals surface area contributed by atoms with Gasteiger partial charge in [0.15, 0.2) is 6.29 Å².